The van der Waals surface area contributed by atoms with Gasteiger partial charge in [0.2, 0.25) is 0 Å². The molecule has 0 spiro atoms. The lowest BCUT2D eigenvalue weighted by Gasteiger charge is -2.24. The fourth-order valence-electron chi connectivity index (χ4n) is 2.83. The van der Waals surface area contributed by atoms with Crippen LogP contribution in [0.25, 0.3) is 0 Å². The summed E-state index contributed by atoms with van der Waals surface area (Å²) in [7, 11) is -4.22. The molecule has 0 aliphatic heterocycles. The maximum absolute atomic E-state index is 11.9. The highest BCUT2D eigenvalue weighted by molar-refractivity contribution is 7.86. The van der Waals surface area contributed by atoms with E-state index in [1.165, 1.54) is 0 Å². The first-order valence-electron chi connectivity index (χ1n) is 7.13. The highest BCUT2D eigenvalue weighted by Crippen LogP contribution is 2.37. The Kier molecular flexibility index (Phi) is 5.03. The van der Waals surface area contributed by atoms with E-state index in [0.717, 1.165) is 16.7 Å². The van der Waals surface area contributed by atoms with Crippen molar-refractivity contribution in [2.45, 2.75) is 71.1 Å². The Morgan fingerprint density at radius 2 is 1.35 bits per heavy atom. The van der Waals surface area contributed by atoms with E-state index in [1.807, 2.05) is 40.7 Å². The van der Waals surface area contributed by atoms with Crippen LogP contribution < -0.4 is 0 Å². The van der Waals surface area contributed by atoms with Crippen LogP contribution in [0.1, 0.15) is 81.5 Å². The average Bonchev–Trinajstić information content (AvgIpc) is 2.25. The summed E-state index contributed by atoms with van der Waals surface area (Å²) in [6, 6.07) is 1.94. The fourth-order valence-corrected chi connectivity index (χ4v) is 4.09. The van der Waals surface area contributed by atoms with Crippen LogP contribution in [0.2, 0.25) is 0 Å². The van der Waals surface area contributed by atoms with Crippen molar-refractivity contribution < 1.29 is 13.0 Å². The predicted molar refractivity (Wildman–Crippen MR) is 83.3 cm³/mol. The second-order valence-electron chi connectivity index (χ2n) is 6.36. The normalized spacial score (nSPS) is 12.8. The molecular weight excluding hydrogens is 272 g/mol. The molecule has 1 N–H and O–H groups in total. The molecule has 0 fully saturated rings. The summed E-state index contributed by atoms with van der Waals surface area (Å²) in [6.45, 7) is 14.0. The minimum Gasteiger partial charge on any atom is -0.282 e. The van der Waals surface area contributed by atoms with Crippen molar-refractivity contribution in [1.29, 1.82) is 0 Å². The molecule has 0 aliphatic carbocycles. The van der Waals surface area contributed by atoms with Crippen molar-refractivity contribution in [3.8, 4) is 0 Å². The Balaban J connectivity index is 3.94. The van der Waals surface area contributed by atoms with Crippen LogP contribution in [-0.4, -0.2) is 13.0 Å². The van der Waals surface area contributed by atoms with Crippen LogP contribution in [0, 0.1) is 6.92 Å². The third-order valence-corrected chi connectivity index (χ3v) is 4.71. The van der Waals surface area contributed by atoms with E-state index in [4.69, 9.17) is 0 Å². The lowest BCUT2D eigenvalue weighted by Crippen LogP contribution is -2.14. The summed E-state index contributed by atoms with van der Waals surface area (Å²) in [5, 5.41) is 0. The minimum atomic E-state index is -4.22. The van der Waals surface area contributed by atoms with Gasteiger partial charge in [0, 0.05) is 0 Å². The summed E-state index contributed by atoms with van der Waals surface area (Å²) < 4.78 is 33.4. The van der Waals surface area contributed by atoms with E-state index in [1.54, 1.807) is 0 Å². The van der Waals surface area contributed by atoms with E-state index in [0.29, 0.717) is 11.5 Å². The Bertz CT molecular complexity index is 597. The van der Waals surface area contributed by atoms with Crippen molar-refractivity contribution in [3.05, 3.63) is 28.3 Å². The van der Waals surface area contributed by atoms with Gasteiger partial charge in [-0.2, -0.15) is 8.42 Å². The summed E-state index contributed by atoms with van der Waals surface area (Å²) in [4.78, 5) is 0.115. The van der Waals surface area contributed by atoms with Crippen LogP contribution in [-0.2, 0) is 10.1 Å². The Labute approximate surface area is 123 Å². The van der Waals surface area contributed by atoms with Gasteiger partial charge in [0.05, 0.1) is 0 Å². The van der Waals surface area contributed by atoms with E-state index in [9.17, 15) is 13.0 Å². The van der Waals surface area contributed by atoms with Gasteiger partial charge in [0.15, 0.2) is 0 Å². The average molecular weight is 298 g/mol. The Morgan fingerprint density at radius 1 is 0.900 bits per heavy atom. The smallest absolute Gasteiger partial charge is 0.282 e. The van der Waals surface area contributed by atoms with E-state index in [2.05, 4.69) is 13.8 Å². The zero-order chi connectivity index (χ0) is 15.8. The Morgan fingerprint density at radius 3 is 1.65 bits per heavy atom. The van der Waals surface area contributed by atoms with Crippen LogP contribution in [0.15, 0.2) is 11.0 Å². The zero-order valence-corrected chi connectivity index (χ0v) is 14.3. The molecule has 114 valence electrons. The van der Waals surface area contributed by atoms with Gasteiger partial charge < -0.3 is 0 Å². The predicted octanol–water partition coefficient (Wildman–Crippen LogP) is 4.61. The second-order valence-corrected chi connectivity index (χ2v) is 7.72. The SMILES string of the molecule is Cc1c(C(C)C)cc(C(C)C)c(S(=O)(=O)O)c1C(C)C. The first kappa shape index (κ1) is 17.2. The van der Waals surface area contributed by atoms with Gasteiger partial charge in [-0.25, -0.2) is 0 Å². The largest absolute Gasteiger partial charge is 0.295 e. The monoisotopic (exact) mass is 298 g/mol. The third-order valence-electron chi connectivity index (χ3n) is 3.73. The van der Waals surface area contributed by atoms with E-state index >= 15 is 0 Å². The number of hydrogen-bond donors (Lipinski definition) is 1. The van der Waals surface area contributed by atoms with Crippen molar-refractivity contribution in [2.24, 2.45) is 0 Å². The van der Waals surface area contributed by atoms with Gasteiger partial charge in [-0.05, 0) is 46.9 Å². The topological polar surface area (TPSA) is 54.4 Å². The summed E-state index contributed by atoms with van der Waals surface area (Å²) in [5.74, 6) is 0.408. The zero-order valence-electron chi connectivity index (χ0n) is 13.5. The molecule has 0 aliphatic rings. The van der Waals surface area contributed by atoms with Gasteiger partial charge in [-0.1, -0.05) is 47.6 Å². The molecule has 0 unspecified atom stereocenters. The number of benzene rings is 1. The van der Waals surface area contributed by atoms with Gasteiger partial charge in [0.1, 0.15) is 4.90 Å². The summed E-state index contributed by atoms with van der Waals surface area (Å²) >= 11 is 0. The lowest BCUT2D eigenvalue weighted by atomic mass is 9.85. The van der Waals surface area contributed by atoms with Crippen molar-refractivity contribution in [1.82, 2.24) is 0 Å². The summed E-state index contributed by atoms with van der Waals surface area (Å²) in [6.07, 6.45) is 0. The van der Waals surface area contributed by atoms with Crippen molar-refractivity contribution in [3.63, 3.8) is 0 Å². The van der Waals surface area contributed by atoms with E-state index in [-0.39, 0.29) is 16.7 Å². The third kappa shape index (κ3) is 3.23. The van der Waals surface area contributed by atoms with Crippen LogP contribution >= 0.6 is 0 Å². The standard InChI is InChI=1S/C16H26O3S/c1-9(2)13-8-14(10(3)4)16(20(17,18)19)15(11(5)6)12(13)7/h8-11H,1-7H3,(H,17,18,19). The van der Waals surface area contributed by atoms with Gasteiger partial charge in [0.25, 0.3) is 10.1 Å². The molecule has 0 amide bonds. The molecule has 0 bridgehead atoms. The van der Waals surface area contributed by atoms with Crippen molar-refractivity contribution >= 4 is 10.1 Å². The highest BCUT2D eigenvalue weighted by Gasteiger charge is 2.27. The highest BCUT2D eigenvalue weighted by atomic mass is 32.2. The van der Waals surface area contributed by atoms with Gasteiger partial charge in [-0.3, -0.25) is 4.55 Å². The molecule has 0 atom stereocenters. The molecule has 0 saturated carbocycles. The molecule has 1 rings (SSSR count). The molecule has 0 radical (unpaired) electrons. The molecule has 0 heterocycles. The quantitative estimate of drug-likeness (QED) is 0.826. The maximum Gasteiger partial charge on any atom is 0.295 e. The molecule has 1 aromatic carbocycles. The molecule has 0 aromatic heterocycles. The molecule has 20 heavy (non-hydrogen) atoms. The molecular formula is C16H26O3S. The molecule has 4 heteroatoms. The van der Waals surface area contributed by atoms with Crippen LogP contribution in [0.3, 0.4) is 0 Å². The van der Waals surface area contributed by atoms with Crippen molar-refractivity contribution in [2.75, 3.05) is 0 Å². The van der Waals surface area contributed by atoms with Gasteiger partial charge in [-0.15, -0.1) is 0 Å². The van der Waals surface area contributed by atoms with Gasteiger partial charge >= 0.3 is 0 Å². The summed E-state index contributed by atoms with van der Waals surface area (Å²) in [5.41, 5.74) is 3.60. The molecule has 3 nitrogen and oxygen atoms in total. The number of hydrogen-bond acceptors (Lipinski definition) is 2. The van der Waals surface area contributed by atoms with Crippen LogP contribution in [0.4, 0.5) is 0 Å². The first-order chi connectivity index (χ1) is 8.98. The second kappa shape index (κ2) is 5.86. The lowest BCUT2D eigenvalue weighted by molar-refractivity contribution is 0.479. The maximum atomic E-state index is 11.9. The molecule has 1 aromatic rings. The minimum absolute atomic E-state index is 0.0440. The molecule has 0 saturated heterocycles. The van der Waals surface area contributed by atoms with Crippen LogP contribution in [0.5, 0.6) is 0 Å². The first-order valence-corrected chi connectivity index (χ1v) is 8.57. The Hall–Kier alpha value is -0.870. The number of rotatable bonds is 4. The van der Waals surface area contributed by atoms with E-state index < -0.39 is 10.1 Å². The fraction of sp³-hybridized carbons (Fsp3) is 0.625.